The predicted molar refractivity (Wildman–Crippen MR) is 115 cm³/mol. The molecule has 0 saturated heterocycles. The molecule has 0 unspecified atom stereocenters. The average Bonchev–Trinajstić information content (AvgIpc) is 3.30. The molecule has 4 rings (SSSR count). The maximum atomic E-state index is 12.3. The summed E-state index contributed by atoms with van der Waals surface area (Å²) in [5.74, 6) is 0.952. The molecular weight excluding hydrogens is 386 g/mol. The normalized spacial score (nSPS) is 20.9. The Hall–Kier alpha value is -2.41. The predicted octanol–water partition coefficient (Wildman–Crippen LogP) is 5.13. The summed E-state index contributed by atoms with van der Waals surface area (Å²) in [7, 11) is 0. The highest BCUT2D eigenvalue weighted by molar-refractivity contribution is 7.17. The van der Waals surface area contributed by atoms with E-state index in [1.54, 1.807) is 0 Å². The number of thiazole rings is 1. The second kappa shape index (κ2) is 8.53. The Bertz CT molecular complexity index is 907. The van der Waals surface area contributed by atoms with E-state index < -0.39 is 0 Å². The van der Waals surface area contributed by atoms with E-state index in [-0.39, 0.29) is 12.0 Å². The van der Waals surface area contributed by atoms with Crippen LogP contribution in [-0.4, -0.2) is 29.9 Å². The minimum absolute atomic E-state index is 0.0987. The smallest absolute Gasteiger partial charge is 0.350 e. The number of hydrogen-bond acceptors (Lipinski definition) is 7. The first kappa shape index (κ1) is 19.9. The standard InChI is InChI=1S/C22H27N3O3S/c1-4-27-16-12-10-15(11-13-16)19-17-8-6-7-9-18(17)24-25(19)22-23-14(3)20(29-22)21(26)28-5-2/h10-13,17,19H,4-9H2,1-3H3/t17-,19+/m1/s1. The van der Waals surface area contributed by atoms with Crippen LogP contribution in [0.15, 0.2) is 29.4 Å². The SMILES string of the molecule is CCOC(=O)c1sc(N2N=C3CCCC[C@H]3[C@@H]2c2ccc(OCC)cc2)nc1C. The van der Waals surface area contributed by atoms with Gasteiger partial charge in [0.15, 0.2) is 0 Å². The second-order valence-electron chi connectivity index (χ2n) is 7.37. The van der Waals surface area contributed by atoms with Gasteiger partial charge in [-0.15, -0.1) is 0 Å². The minimum atomic E-state index is -0.310. The molecule has 7 heteroatoms. The van der Waals surface area contributed by atoms with Gasteiger partial charge in [0.1, 0.15) is 10.6 Å². The van der Waals surface area contributed by atoms with Crippen molar-refractivity contribution in [3.05, 3.63) is 40.4 Å². The van der Waals surface area contributed by atoms with Gasteiger partial charge in [0, 0.05) is 11.6 Å². The molecule has 1 aliphatic heterocycles. The van der Waals surface area contributed by atoms with Gasteiger partial charge in [-0.2, -0.15) is 5.10 Å². The third-order valence-corrected chi connectivity index (χ3v) is 6.61. The zero-order chi connectivity index (χ0) is 20.4. The van der Waals surface area contributed by atoms with Crippen LogP contribution < -0.4 is 9.75 Å². The maximum Gasteiger partial charge on any atom is 0.350 e. The van der Waals surface area contributed by atoms with E-state index in [4.69, 9.17) is 14.6 Å². The van der Waals surface area contributed by atoms with E-state index in [0.717, 1.165) is 23.7 Å². The molecule has 1 fully saturated rings. The molecule has 1 aromatic carbocycles. The molecular formula is C22H27N3O3S. The summed E-state index contributed by atoms with van der Waals surface area (Å²) in [5, 5.41) is 7.76. The van der Waals surface area contributed by atoms with Crippen molar-refractivity contribution in [2.45, 2.75) is 52.5 Å². The molecule has 6 nitrogen and oxygen atoms in total. The molecule has 1 aromatic heterocycles. The Labute approximate surface area is 175 Å². The Balaban J connectivity index is 1.69. The number of fused-ring (bicyclic) bond motifs is 1. The topological polar surface area (TPSA) is 64.0 Å². The van der Waals surface area contributed by atoms with E-state index in [9.17, 15) is 4.79 Å². The average molecular weight is 414 g/mol. The molecule has 154 valence electrons. The van der Waals surface area contributed by atoms with Crippen molar-refractivity contribution < 1.29 is 14.3 Å². The Morgan fingerprint density at radius 2 is 2.00 bits per heavy atom. The fourth-order valence-corrected chi connectivity index (χ4v) is 5.14. The Morgan fingerprint density at radius 1 is 1.21 bits per heavy atom. The first-order chi connectivity index (χ1) is 14.1. The van der Waals surface area contributed by atoms with Crippen LogP contribution in [0.5, 0.6) is 5.75 Å². The van der Waals surface area contributed by atoms with Crippen molar-refractivity contribution in [2.24, 2.45) is 11.0 Å². The minimum Gasteiger partial charge on any atom is -0.494 e. The van der Waals surface area contributed by atoms with Crippen molar-refractivity contribution >= 4 is 28.1 Å². The lowest BCUT2D eigenvalue weighted by Crippen LogP contribution is -2.27. The number of anilines is 1. The van der Waals surface area contributed by atoms with E-state index in [1.807, 2.05) is 37.9 Å². The summed E-state index contributed by atoms with van der Waals surface area (Å²) in [6.45, 7) is 6.66. The van der Waals surface area contributed by atoms with Crippen LogP contribution in [0.2, 0.25) is 0 Å². The van der Waals surface area contributed by atoms with Crippen LogP contribution in [0, 0.1) is 12.8 Å². The molecule has 29 heavy (non-hydrogen) atoms. The van der Waals surface area contributed by atoms with Gasteiger partial charge in [-0.05, 0) is 57.7 Å². The number of rotatable bonds is 6. The third-order valence-electron chi connectivity index (χ3n) is 5.48. The van der Waals surface area contributed by atoms with Gasteiger partial charge in [0.25, 0.3) is 0 Å². The van der Waals surface area contributed by atoms with Gasteiger partial charge in [0.05, 0.1) is 24.9 Å². The van der Waals surface area contributed by atoms with Crippen LogP contribution >= 0.6 is 11.3 Å². The maximum absolute atomic E-state index is 12.3. The molecule has 1 aliphatic carbocycles. The van der Waals surface area contributed by atoms with Crippen molar-refractivity contribution in [2.75, 3.05) is 18.2 Å². The van der Waals surface area contributed by atoms with Crippen LogP contribution in [-0.2, 0) is 4.74 Å². The van der Waals surface area contributed by atoms with Crippen LogP contribution in [0.4, 0.5) is 5.13 Å². The van der Waals surface area contributed by atoms with Gasteiger partial charge in [-0.25, -0.2) is 14.8 Å². The number of carbonyl (C=O) groups is 1. The highest BCUT2D eigenvalue weighted by atomic mass is 32.1. The fourth-order valence-electron chi connectivity index (χ4n) is 4.19. The third kappa shape index (κ3) is 3.88. The second-order valence-corrected chi connectivity index (χ2v) is 8.34. The molecule has 2 atom stereocenters. The first-order valence-corrected chi connectivity index (χ1v) is 11.2. The summed E-state index contributed by atoms with van der Waals surface area (Å²) in [6, 6.07) is 8.40. The number of hydrogen-bond donors (Lipinski definition) is 0. The van der Waals surface area contributed by atoms with Crippen LogP contribution in [0.1, 0.15) is 66.5 Å². The number of nitrogens with zero attached hydrogens (tertiary/aromatic N) is 3. The monoisotopic (exact) mass is 413 g/mol. The van der Waals surface area contributed by atoms with E-state index in [2.05, 4.69) is 17.1 Å². The molecule has 0 radical (unpaired) electrons. The van der Waals surface area contributed by atoms with Crippen molar-refractivity contribution in [3.63, 3.8) is 0 Å². The van der Waals surface area contributed by atoms with Crippen molar-refractivity contribution in [1.82, 2.24) is 4.98 Å². The van der Waals surface area contributed by atoms with Crippen molar-refractivity contribution in [3.8, 4) is 5.75 Å². The van der Waals surface area contributed by atoms with Gasteiger partial charge < -0.3 is 9.47 Å². The highest BCUT2D eigenvalue weighted by Gasteiger charge is 2.41. The van der Waals surface area contributed by atoms with Gasteiger partial charge in [-0.1, -0.05) is 29.9 Å². The van der Waals surface area contributed by atoms with Crippen LogP contribution in [0.3, 0.4) is 0 Å². The molecule has 0 N–H and O–H groups in total. The molecule has 2 heterocycles. The molecule has 0 bridgehead atoms. The lowest BCUT2D eigenvalue weighted by Gasteiger charge is -2.28. The van der Waals surface area contributed by atoms with E-state index in [1.165, 1.54) is 35.5 Å². The number of esters is 1. The summed E-state index contributed by atoms with van der Waals surface area (Å²) in [6.07, 6.45) is 4.56. The fraction of sp³-hybridized carbons (Fsp3) is 0.500. The molecule has 1 saturated carbocycles. The lowest BCUT2D eigenvalue weighted by molar-refractivity contribution is 0.0531. The first-order valence-electron chi connectivity index (χ1n) is 10.4. The van der Waals surface area contributed by atoms with Crippen LogP contribution in [0.25, 0.3) is 0 Å². The number of ether oxygens (including phenoxy) is 2. The summed E-state index contributed by atoms with van der Waals surface area (Å²) >= 11 is 1.37. The highest BCUT2D eigenvalue weighted by Crippen LogP contribution is 2.46. The number of aryl methyl sites for hydroxylation is 1. The quantitative estimate of drug-likeness (QED) is 0.614. The van der Waals surface area contributed by atoms with E-state index >= 15 is 0 Å². The Morgan fingerprint density at radius 3 is 2.72 bits per heavy atom. The van der Waals surface area contributed by atoms with Gasteiger partial charge in [0.2, 0.25) is 5.13 Å². The molecule has 2 aromatic rings. The largest absolute Gasteiger partial charge is 0.494 e. The zero-order valence-electron chi connectivity index (χ0n) is 17.2. The van der Waals surface area contributed by atoms with Gasteiger partial charge >= 0.3 is 5.97 Å². The lowest BCUT2D eigenvalue weighted by atomic mass is 9.80. The summed E-state index contributed by atoms with van der Waals surface area (Å²) in [4.78, 5) is 17.5. The van der Waals surface area contributed by atoms with E-state index in [0.29, 0.717) is 29.7 Å². The Kier molecular flexibility index (Phi) is 5.85. The molecule has 0 spiro atoms. The summed E-state index contributed by atoms with van der Waals surface area (Å²) in [5.41, 5.74) is 3.15. The number of hydrazone groups is 1. The summed E-state index contributed by atoms with van der Waals surface area (Å²) < 4.78 is 10.8. The zero-order valence-corrected chi connectivity index (χ0v) is 18.0. The van der Waals surface area contributed by atoms with Gasteiger partial charge in [-0.3, -0.25) is 0 Å². The number of benzene rings is 1. The number of carbonyl (C=O) groups excluding carboxylic acids is 1. The molecule has 0 amide bonds. The molecule has 2 aliphatic rings. The van der Waals surface area contributed by atoms with Crippen molar-refractivity contribution in [1.29, 1.82) is 0 Å². The number of aromatic nitrogens is 1.